The fourth-order valence-corrected chi connectivity index (χ4v) is 4.51. The molecular weight excluding hydrogens is 451 g/mol. The van der Waals surface area contributed by atoms with Gasteiger partial charge in [0.1, 0.15) is 17.3 Å². The first-order chi connectivity index (χ1) is 16.8. The summed E-state index contributed by atoms with van der Waals surface area (Å²) in [5.74, 6) is -1.49. The zero-order valence-electron chi connectivity index (χ0n) is 20.1. The highest BCUT2D eigenvalue weighted by Gasteiger charge is 2.45. The fraction of sp³-hybridized carbons (Fsp3) is 0.407. The molecule has 0 radical (unpaired) electrons. The van der Waals surface area contributed by atoms with Gasteiger partial charge in [-0.1, -0.05) is 12.1 Å². The lowest BCUT2D eigenvalue weighted by Gasteiger charge is -2.29. The topological polar surface area (TPSA) is 79.3 Å². The van der Waals surface area contributed by atoms with E-state index in [1.165, 1.54) is 29.2 Å². The number of amides is 1. The molecule has 2 aliphatic heterocycles. The van der Waals surface area contributed by atoms with Crippen LogP contribution in [0.15, 0.2) is 54.1 Å². The largest absolute Gasteiger partial charge is 0.507 e. The molecule has 1 N–H and O–H groups in total. The number of hydrogen-bond donors (Lipinski definition) is 1. The summed E-state index contributed by atoms with van der Waals surface area (Å²) in [6.45, 7) is 8.05. The van der Waals surface area contributed by atoms with Crippen molar-refractivity contribution < 1.29 is 28.6 Å². The van der Waals surface area contributed by atoms with Crippen LogP contribution in [0.1, 0.15) is 37.4 Å². The van der Waals surface area contributed by atoms with E-state index in [1.54, 1.807) is 24.3 Å². The molecule has 2 aromatic carbocycles. The van der Waals surface area contributed by atoms with Crippen LogP contribution < -0.4 is 4.74 Å². The van der Waals surface area contributed by atoms with E-state index >= 15 is 0 Å². The third-order valence-corrected chi connectivity index (χ3v) is 6.20. The number of benzene rings is 2. The molecule has 2 heterocycles. The average molecular weight is 483 g/mol. The van der Waals surface area contributed by atoms with Crippen LogP contribution >= 0.6 is 0 Å². The molecule has 0 bridgehead atoms. The van der Waals surface area contributed by atoms with E-state index in [-0.39, 0.29) is 23.0 Å². The van der Waals surface area contributed by atoms with Crippen molar-refractivity contribution in [3.8, 4) is 5.75 Å². The Bertz CT molecular complexity index is 1080. The van der Waals surface area contributed by atoms with Crippen LogP contribution in [-0.2, 0) is 14.3 Å². The van der Waals surface area contributed by atoms with Gasteiger partial charge in [-0.05, 0) is 62.2 Å². The zero-order valence-corrected chi connectivity index (χ0v) is 20.1. The molecule has 2 aromatic rings. The highest BCUT2D eigenvalue weighted by Crippen LogP contribution is 2.40. The van der Waals surface area contributed by atoms with Crippen molar-refractivity contribution >= 4 is 17.4 Å². The quantitative estimate of drug-likeness (QED) is 0.351. The Morgan fingerprint density at radius 1 is 1.06 bits per heavy atom. The standard InChI is InChI=1S/C27H31FN2O5/c1-18(2)35-22-10-6-19(7-11-22)24-23(25(31)20-4-8-21(28)9-5-20)26(32)27(33)30(24)13-3-12-29-14-16-34-17-15-29/h4-11,18,24,31H,3,12-17H2,1-2H3/b25-23+/t24-/m0/s1. The van der Waals surface area contributed by atoms with Crippen LogP contribution in [0.2, 0.25) is 0 Å². The summed E-state index contributed by atoms with van der Waals surface area (Å²) >= 11 is 0. The molecule has 8 heteroatoms. The van der Waals surface area contributed by atoms with Gasteiger partial charge in [0.2, 0.25) is 0 Å². The number of carbonyl (C=O) groups is 2. The van der Waals surface area contributed by atoms with Gasteiger partial charge in [0, 0.05) is 31.7 Å². The van der Waals surface area contributed by atoms with Gasteiger partial charge in [-0.25, -0.2) is 4.39 Å². The van der Waals surface area contributed by atoms with Crippen molar-refractivity contribution in [3.05, 3.63) is 71.0 Å². The number of Topliss-reactive ketones (excluding diaryl/α,β-unsaturated/α-hetero) is 1. The summed E-state index contributed by atoms with van der Waals surface area (Å²) in [5.41, 5.74) is 0.975. The van der Waals surface area contributed by atoms with Crippen molar-refractivity contribution in [2.24, 2.45) is 0 Å². The molecule has 1 amide bonds. The Balaban J connectivity index is 1.66. The molecule has 4 rings (SSSR count). The Hall–Kier alpha value is -3.23. The number of carbonyl (C=O) groups excluding carboxylic acids is 2. The van der Waals surface area contributed by atoms with Crippen LogP contribution in [0.3, 0.4) is 0 Å². The molecule has 7 nitrogen and oxygen atoms in total. The number of hydrogen-bond acceptors (Lipinski definition) is 6. The predicted molar refractivity (Wildman–Crippen MR) is 129 cm³/mol. The molecule has 186 valence electrons. The van der Waals surface area contributed by atoms with E-state index in [4.69, 9.17) is 9.47 Å². The predicted octanol–water partition coefficient (Wildman–Crippen LogP) is 3.76. The van der Waals surface area contributed by atoms with Gasteiger partial charge < -0.3 is 19.5 Å². The number of rotatable bonds is 8. The van der Waals surface area contributed by atoms with E-state index in [2.05, 4.69) is 4.90 Å². The van der Waals surface area contributed by atoms with Crippen molar-refractivity contribution in [1.82, 2.24) is 9.80 Å². The van der Waals surface area contributed by atoms with Gasteiger partial charge in [-0.2, -0.15) is 0 Å². The lowest BCUT2D eigenvalue weighted by molar-refractivity contribution is -0.140. The number of morpholine rings is 1. The molecule has 2 saturated heterocycles. The maximum atomic E-state index is 13.4. The number of halogens is 1. The number of aliphatic hydroxyl groups excluding tert-OH is 1. The molecule has 35 heavy (non-hydrogen) atoms. The Morgan fingerprint density at radius 3 is 2.34 bits per heavy atom. The van der Waals surface area contributed by atoms with Crippen LogP contribution in [-0.4, -0.2) is 72.1 Å². The molecule has 0 spiro atoms. The van der Waals surface area contributed by atoms with Crippen molar-refractivity contribution in [3.63, 3.8) is 0 Å². The fourth-order valence-electron chi connectivity index (χ4n) is 4.51. The number of likely N-dealkylation sites (tertiary alicyclic amines) is 1. The average Bonchev–Trinajstić information content (AvgIpc) is 3.10. The zero-order chi connectivity index (χ0) is 24.9. The molecule has 0 aliphatic carbocycles. The van der Waals surface area contributed by atoms with E-state index in [0.29, 0.717) is 37.5 Å². The van der Waals surface area contributed by atoms with Gasteiger partial charge in [0.15, 0.2) is 0 Å². The van der Waals surface area contributed by atoms with Gasteiger partial charge in [-0.15, -0.1) is 0 Å². The van der Waals surface area contributed by atoms with E-state index in [0.717, 1.165) is 19.6 Å². The second kappa shape index (κ2) is 11.0. The SMILES string of the molecule is CC(C)Oc1ccc([C@H]2/C(=C(\O)c3ccc(F)cc3)C(=O)C(=O)N2CCCN2CCOCC2)cc1. The van der Waals surface area contributed by atoms with Gasteiger partial charge in [-0.3, -0.25) is 14.5 Å². The summed E-state index contributed by atoms with van der Waals surface area (Å²) in [6.07, 6.45) is 0.680. The highest BCUT2D eigenvalue weighted by atomic mass is 19.1. The monoisotopic (exact) mass is 482 g/mol. The lowest BCUT2D eigenvalue weighted by Crippen LogP contribution is -2.38. The molecular formula is C27H31FN2O5. The Kier molecular flexibility index (Phi) is 7.83. The first-order valence-corrected chi connectivity index (χ1v) is 12.0. The summed E-state index contributed by atoms with van der Waals surface area (Å²) < 4.78 is 24.6. The molecule has 0 aromatic heterocycles. The van der Waals surface area contributed by atoms with Crippen molar-refractivity contribution in [2.75, 3.05) is 39.4 Å². The van der Waals surface area contributed by atoms with Crippen molar-refractivity contribution in [2.45, 2.75) is 32.4 Å². The minimum atomic E-state index is -0.752. The Morgan fingerprint density at radius 2 is 1.71 bits per heavy atom. The summed E-state index contributed by atoms with van der Waals surface area (Å²) in [4.78, 5) is 30.0. The van der Waals surface area contributed by atoms with E-state index in [1.807, 2.05) is 13.8 Å². The number of aliphatic hydroxyl groups is 1. The van der Waals surface area contributed by atoms with Gasteiger partial charge in [0.25, 0.3) is 11.7 Å². The first kappa shape index (κ1) is 24.9. The minimum Gasteiger partial charge on any atom is -0.507 e. The van der Waals surface area contributed by atoms with Gasteiger partial charge >= 0.3 is 0 Å². The smallest absolute Gasteiger partial charge is 0.295 e. The van der Waals surface area contributed by atoms with Gasteiger partial charge in [0.05, 0.1) is 30.9 Å². The summed E-state index contributed by atoms with van der Waals surface area (Å²) in [6, 6.07) is 11.7. The third kappa shape index (κ3) is 5.71. The second-order valence-corrected chi connectivity index (χ2v) is 9.04. The van der Waals surface area contributed by atoms with E-state index < -0.39 is 23.5 Å². The molecule has 2 fully saturated rings. The molecule has 0 saturated carbocycles. The molecule has 0 unspecified atom stereocenters. The van der Waals surface area contributed by atoms with Crippen LogP contribution in [0.5, 0.6) is 5.75 Å². The van der Waals surface area contributed by atoms with Crippen LogP contribution in [0.4, 0.5) is 4.39 Å². The molecule has 2 aliphatic rings. The highest BCUT2D eigenvalue weighted by molar-refractivity contribution is 6.46. The number of ether oxygens (including phenoxy) is 2. The number of ketones is 1. The first-order valence-electron chi connectivity index (χ1n) is 12.0. The lowest BCUT2D eigenvalue weighted by atomic mass is 9.95. The summed E-state index contributed by atoms with van der Waals surface area (Å²) in [5, 5.41) is 11.1. The maximum absolute atomic E-state index is 13.4. The number of nitrogens with zero attached hydrogens (tertiary/aromatic N) is 2. The van der Waals surface area contributed by atoms with Crippen LogP contribution in [0, 0.1) is 5.82 Å². The normalized spacial score (nSPS) is 20.6. The Labute approximate surface area is 204 Å². The third-order valence-electron chi connectivity index (χ3n) is 6.20. The van der Waals surface area contributed by atoms with Crippen LogP contribution in [0.25, 0.3) is 5.76 Å². The molecule has 1 atom stereocenters. The van der Waals surface area contributed by atoms with Crippen molar-refractivity contribution in [1.29, 1.82) is 0 Å². The van der Waals surface area contributed by atoms with E-state index in [9.17, 15) is 19.1 Å². The summed E-state index contributed by atoms with van der Waals surface area (Å²) in [7, 11) is 0. The second-order valence-electron chi connectivity index (χ2n) is 9.04. The minimum absolute atomic E-state index is 0.00477. The maximum Gasteiger partial charge on any atom is 0.295 e.